The van der Waals surface area contributed by atoms with E-state index < -0.39 is 0 Å². The summed E-state index contributed by atoms with van der Waals surface area (Å²) < 4.78 is 5.33. The number of hydrogen-bond acceptors (Lipinski definition) is 5. The maximum Gasteiger partial charge on any atom is 0.227 e. The maximum atomic E-state index is 12.6. The fourth-order valence-corrected chi connectivity index (χ4v) is 4.26. The summed E-state index contributed by atoms with van der Waals surface area (Å²) in [5.74, 6) is 1.70. The molecule has 3 heterocycles. The van der Waals surface area contributed by atoms with Gasteiger partial charge in [-0.1, -0.05) is 0 Å². The summed E-state index contributed by atoms with van der Waals surface area (Å²) in [6.45, 7) is 8.04. The topological polar surface area (TPSA) is 75.6 Å². The molecule has 1 atom stereocenters. The van der Waals surface area contributed by atoms with Crippen molar-refractivity contribution in [2.45, 2.75) is 51.9 Å². The van der Waals surface area contributed by atoms with Crippen molar-refractivity contribution >= 4 is 11.8 Å². The zero-order valence-corrected chi connectivity index (χ0v) is 16.9. The van der Waals surface area contributed by atoms with E-state index in [2.05, 4.69) is 0 Å². The van der Waals surface area contributed by atoms with Gasteiger partial charge in [0.2, 0.25) is 11.8 Å². The fraction of sp³-hybridized carbons (Fsp3) is 0.714. The SMILES string of the molecule is Cc1nc(C2CCCN(C(=O)C3CC3)C2)nc(C)c1CC(=O)N1CCOCC1. The molecule has 0 aromatic carbocycles. The average molecular weight is 386 g/mol. The molecule has 0 radical (unpaired) electrons. The van der Waals surface area contributed by atoms with Crippen LogP contribution in [-0.2, 0) is 20.7 Å². The standard InChI is InChI=1S/C21H30N4O3/c1-14-18(12-19(26)24-8-10-28-11-9-24)15(2)23-20(22-14)17-4-3-7-25(13-17)21(27)16-5-6-16/h16-17H,3-13H2,1-2H3. The van der Waals surface area contributed by atoms with Gasteiger partial charge in [-0.05, 0) is 39.5 Å². The Kier molecular flexibility index (Phi) is 5.62. The summed E-state index contributed by atoms with van der Waals surface area (Å²) in [7, 11) is 0. The Morgan fingerprint density at radius 3 is 2.32 bits per heavy atom. The zero-order valence-electron chi connectivity index (χ0n) is 16.9. The van der Waals surface area contributed by atoms with Crippen LogP contribution in [0.15, 0.2) is 0 Å². The van der Waals surface area contributed by atoms with Gasteiger partial charge < -0.3 is 14.5 Å². The molecule has 0 bridgehead atoms. The van der Waals surface area contributed by atoms with Crippen molar-refractivity contribution in [3.05, 3.63) is 22.8 Å². The van der Waals surface area contributed by atoms with Crippen LogP contribution in [0.5, 0.6) is 0 Å². The summed E-state index contributed by atoms with van der Waals surface area (Å²) in [6, 6.07) is 0. The third kappa shape index (κ3) is 4.19. The van der Waals surface area contributed by atoms with E-state index in [1.54, 1.807) is 0 Å². The van der Waals surface area contributed by atoms with Crippen molar-refractivity contribution in [3.8, 4) is 0 Å². The van der Waals surface area contributed by atoms with Gasteiger partial charge >= 0.3 is 0 Å². The van der Waals surface area contributed by atoms with E-state index in [-0.39, 0.29) is 17.7 Å². The van der Waals surface area contributed by atoms with Crippen LogP contribution in [0.4, 0.5) is 0 Å². The second-order valence-corrected chi connectivity index (χ2v) is 8.30. The van der Waals surface area contributed by atoms with Crippen molar-refractivity contribution in [2.24, 2.45) is 5.92 Å². The minimum Gasteiger partial charge on any atom is -0.378 e. The van der Waals surface area contributed by atoms with Crippen molar-refractivity contribution in [2.75, 3.05) is 39.4 Å². The minimum absolute atomic E-state index is 0.115. The molecule has 1 aromatic heterocycles. The summed E-state index contributed by atoms with van der Waals surface area (Å²) >= 11 is 0. The van der Waals surface area contributed by atoms with E-state index in [1.807, 2.05) is 23.6 Å². The largest absolute Gasteiger partial charge is 0.378 e. The Morgan fingerprint density at radius 2 is 1.68 bits per heavy atom. The minimum atomic E-state index is 0.115. The highest BCUT2D eigenvalue weighted by molar-refractivity contribution is 5.81. The van der Waals surface area contributed by atoms with Gasteiger partial charge in [-0.3, -0.25) is 9.59 Å². The van der Waals surface area contributed by atoms with Gasteiger partial charge in [0.15, 0.2) is 0 Å². The summed E-state index contributed by atoms with van der Waals surface area (Å²) in [5, 5.41) is 0. The van der Waals surface area contributed by atoms with Crippen molar-refractivity contribution < 1.29 is 14.3 Å². The molecular formula is C21H30N4O3. The van der Waals surface area contributed by atoms with Crippen LogP contribution in [0.3, 0.4) is 0 Å². The van der Waals surface area contributed by atoms with Crippen LogP contribution in [-0.4, -0.2) is 71.0 Å². The Bertz CT molecular complexity index is 733. The predicted octanol–water partition coefficient (Wildman–Crippen LogP) is 1.61. The number of hydrogen-bond donors (Lipinski definition) is 0. The summed E-state index contributed by atoms with van der Waals surface area (Å²) in [5.41, 5.74) is 2.70. The highest BCUT2D eigenvalue weighted by Crippen LogP contribution is 2.34. The van der Waals surface area contributed by atoms with Gasteiger partial charge in [0.1, 0.15) is 5.82 Å². The molecule has 1 aliphatic carbocycles. The van der Waals surface area contributed by atoms with Gasteiger partial charge in [0.05, 0.1) is 19.6 Å². The molecule has 1 aromatic rings. The molecule has 7 nitrogen and oxygen atoms in total. The third-order valence-corrected chi connectivity index (χ3v) is 6.15. The van der Waals surface area contributed by atoms with Gasteiger partial charge in [-0.25, -0.2) is 9.97 Å². The molecule has 1 saturated carbocycles. The molecule has 28 heavy (non-hydrogen) atoms. The smallest absolute Gasteiger partial charge is 0.227 e. The molecule has 2 amide bonds. The van der Waals surface area contributed by atoms with Gasteiger partial charge in [0.25, 0.3) is 0 Å². The van der Waals surface area contributed by atoms with Gasteiger partial charge in [-0.2, -0.15) is 0 Å². The fourth-order valence-electron chi connectivity index (χ4n) is 4.26. The zero-order chi connectivity index (χ0) is 19.7. The predicted molar refractivity (Wildman–Crippen MR) is 104 cm³/mol. The van der Waals surface area contributed by atoms with E-state index in [4.69, 9.17) is 14.7 Å². The van der Waals surface area contributed by atoms with E-state index in [1.165, 1.54) is 0 Å². The van der Waals surface area contributed by atoms with Crippen LogP contribution in [0, 0.1) is 19.8 Å². The van der Waals surface area contributed by atoms with Crippen LogP contribution in [0.2, 0.25) is 0 Å². The van der Waals surface area contributed by atoms with Crippen LogP contribution < -0.4 is 0 Å². The number of nitrogens with zero attached hydrogens (tertiary/aromatic N) is 4. The number of likely N-dealkylation sites (tertiary alicyclic amines) is 1. The quantitative estimate of drug-likeness (QED) is 0.786. The lowest BCUT2D eigenvalue weighted by Crippen LogP contribution is -2.41. The van der Waals surface area contributed by atoms with Crippen LogP contribution >= 0.6 is 0 Å². The maximum absolute atomic E-state index is 12.6. The number of rotatable bonds is 4. The molecule has 2 saturated heterocycles. The molecule has 0 spiro atoms. The number of morpholine rings is 1. The van der Waals surface area contributed by atoms with E-state index in [0.29, 0.717) is 38.6 Å². The van der Waals surface area contributed by atoms with Crippen molar-refractivity contribution in [3.63, 3.8) is 0 Å². The van der Waals surface area contributed by atoms with Crippen LogP contribution in [0.1, 0.15) is 54.4 Å². The first kappa shape index (κ1) is 19.3. The molecule has 7 heteroatoms. The summed E-state index contributed by atoms with van der Waals surface area (Å²) in [4.78, 5) is 38.4. The number of piperidine rings is 1. The first-order chi connectivity index (χ1) is 13.5. The molecule has 0 N–H and O–H groups in total. The number of carbonyl (C=O) groups is 2. The average Bonchev–Trinajstić information content (AvgIpc) is 3.56. The lowest BCUT2D eigenvalue weighted by Gasteiger charge is -2.32. The van der Waals surface area contributed by atoms with Crippen molar-refractivity contribution in [1.82, 2.24) is 19.8 Å². The monoisotopic (exact) mass is 386 g/mol. The molecule has 2 aliphatic heterocycles. The van der Waals surface area contributed by atoms with Gasteiger partial charge in [0, 0.05) is 55.0 Å². The Hall–Kier alpha value is -2.02. The molecule has 1 unspecified atom stereocenters. The first-order valence-corrected chi connectivity index (χ1v) is 10.5. The molecule has 3 fully saturated rings. The number of carbonyl (C=O) groups excluding carboxylic acids is 2. The van der Waals surface area contributed by atoms with E-state index >= 15 is 0 Å². The van der Waals surface area contributed by atoms with Gasteiger partial charge in [-0.15, -0.1) is 0 Å². The molecule has 3 aliphatic rings. The number of ether oxygens (including phenoxy) is 1. The number of amides is 2. The Labute approximate surface area is 166 Å². The molecule has 152 valence electrons. The van der Waals surface area contributed by atoms with Crippen molar-refractivity contribution in [1.29, 1.82) is 0 Å². The van der Waals surface area contributed by atoms with E-state index in [9.17, 15) is 9.59 Å². The van der Waals surface area contributed by atoms with Crippen LogP contribution in [0.25, 0.3) is 0 Å². The number of aryl methyl sites for hydroxylation is 2. The lowest BCUT2D eigenvalue weighted by atomic mass is 9.96. The highest BCUT2D eigenvalue weighted by Gasteiger charge is 2.36. The Balaban J connectivity index is 1.45. The number of aromatic nitrogens is 2. The normalized spacial score (nSPS) is 23.0. The third-order valence-electron chi connectivity index (χ3n) is 6.15. The molecule has 4 rings (SSSR count). The first-order valence-electron chi connectivity index (χ1n) is 10.5. The lowest BCUT2D eigenvalue weighted by molar-refractivity contribution is -0.135. The highest BCUT2D eigenvalue weighted by atomic mass is 16.5. The van der Waals surface area contributed by atoms with E-state index in [0.717, 1.165) is 61.5 Å². The summed E-state index contributed by atoms with van der Waals surface area (Å²) in [6.07, 6.45) is 4.44. The second-order valence-electron chi connectivity index (χ2n) is 8.30. The second kappa shape index (κ2) is 8.15. The Morgan fingerprint density at radius 1 is 1.00 bits per heavy atom. The molecular weight excluding hydrogens is 356 g/mol.